The SMILES string of the molecule is Cc1noc(C)c1S(=O)(=O)Nc1ccc(CN2C(=O)CNC2=O)cc1. The monoisotopic (exact) mass is 364 g/mol. The van der Waals surface area contributed by atoms with E-state index in [0.717, 1.165) is 4.90 Å². The zero-order valence-corrected chi connectivity index (χ0v) is 14.4. The number of aryl methyl sites for hydroxylation is 2. The Balaban J connectivity index is 1.75. The first kappa shape index (κ1) is 17.0. The molecule has 1 aromatic carbocycles. The third kappa shape index (κ3) is 3.33. The van der Waals surface area contributed by atoms with Gasteiger partial charge in [-0.3, -0.25) is 14.4 Å². The van der Waals surface area contributed by atoms with E-state index < -0.39 is 16.1 Å². The molecule has 1 saturated heterocycles. The molecule has 25 heavy (non-hydrogen) atoms. The summed E-state index contributed by atoms with van der Waals surface area (Å²) in [7, 11) is -3.82. The molecule has 0 saturated carbocycles. The van der Waals surface area contributed by atoms with E-state index in [0.29, 0.717) is 11.3 Å². The molecule has 0 bridgehead atoms. The first-order valence-electron chi connectivity index (χ1n) is 7.41. The number of imide groups is 1. The van der Waals surface area contributed by atoms with Gasteiger partial charge in [-0.15, -0.1) is 0 Å². The Labute approximate surface area is 144 Å². The molecule has 3 amide bonds. The number of nitrogens with zero attached hydrogens (tertiary/aromatic N) is 2. The number of carbonyl (C=O) groups excluding carboxylic acids is 2. The number of urea groups is 1. The number of hydrogen-bond donors (Lipinski definition) is 2. The molecule has 1 aliphatic heterocycles. The predicted octanol–water partition coefficient (Wildman–Crippen LogP) is 1.14. The lowest BCUT2D eigenvalue weighted by Gasteiger charge is -2.13. The molecule has 1 aliphatic rings. The Morgan fingerprint density at radius 3 is 2.44 bits per heavy atom. The van der Waals surface area contributed by atoms with Crippen LogP contribution in [0.1, 0.15) is 17.0 Å². The lowest BCUT2D eigenvalue weighted by atomic mass is 10.2. The van der Waals surface area contributed by atoms with Crippen LogP contribution < -0.4 is 10.0 Å². The van der Waals surface area contributed by atoms with Crippen LogP contribution in [0.25, 0.3) is 0 Å². The number of amides is 3. The highest BCUT2D eigenvalue weighted by Gasteiger charge is 2.28. The van der Waals surface area contributed by atoms with Gasteiger partial charge in [-0.05, 0) is 31.5 Å². The fraction of sp³-hybridized carbons (Fsp3) is 0.267. The third-order valence-electron chi connectivity index (χ3n) is 3.72. The van der Waals surface area contributed by atoms with E-state index in [4.69, 9.17) is 4.52 Å². The molecular weight excluding hydrogens is 348 g/mol. The van der Waals surface area contributed by atoms with E-state index in [2.05, 4.69) is 15.2 Å². The van der Waals surface area contributed by atoms with E-state index in [1.54, 1.807) is 31.2 Å². The van der Waals surface area contributed by atoms with Gasteiger partial charge in [0, 0.05) is 5.69 Å². The van der Waals surface area contributed by atoms with E-state index >= 15 is 0 Å². The summed E-state index contributed by atoms with van der Waals surface area (Å²) in [5, 5.41) is 6.08. The van der Waals surface area contributed by atoms with Crippen molar-refractivity contribution in [1.29, 1.82) is 0 Å². The van der Waals surface area contributed by atoms with Gasteiger partial charge in [0.2, 0.25) is 5.91 Å². The molecule has 2 aromatic rings. The average Bonchev–Trinajstić information content (AvgIpc) is 3.05. The number of carbonyl (C=O) groups is 2. The van der Waals surface area contributed by atoms with Crippen molar-refractivity contribution in [3.63, 3.8) is 0 Å². The molecule has 0 unspecified atom stereocenters. The standard InChI is InChI=1S/C15H16N4O5S/c1-9-14(10(2)24-17-9)25(22,23)18-12-5-3-11(4-6-12)8-19-13(20)7-16-15(19)21/h3-6,18H,7-8H2,1-2H3,(H,16,21). The second-order valence-electron chi connectivity index (χ2n) is 5.59. The van der Waals surface area contributed by atoms with Gasteiger partial charge in [-0.25, -0.2) is 13.2 Å². The summed E-state index contributed by atoms with van der Waals surface area (Å²) in [4.78, 5) is 24.2. The Bertz CT molecular complexity index is 898. The van der Waals surface area contributed by atoms with Crippen molar-refractivity contribution in [2.45, 2.75) is 25.3 Å². The molecule has 1 aromatic heterocycles. The number of rotatable bonds is 5. The van der Waals surface area contributed by atoms with Crippen LogP contribution in [0.5, 0.6) is 0 Å². The topological polar surface area (TPSA) is 122 Å². The summed E-state index contributed by atoms with van der Waals surface area (Å²) in [6.07, 6.45) is 0. The minimum atomic E-state index is -3.82. The molecule has 9 nitrogen and oxygen atoms in total. The van der Waals surface area contributed by atoms with Gasteiger partial charge < -0.3 is 9.84 Å². The van der Waals surface area contributed by atoms with Crippen molar-refractivity contribution in [2.75, 3.05) is 11.3 Å². The number of hydrogen-bond acceptors (Lipinski definition) is 6. The highest BCUT2D eigenvalue weighted by atomic mass is 32.2. The summed E-state index contributed by atoms with van der Waals surface area (Å²) in [6.45, 7) is 3.19. The van der Waals surface area contributed by atoms with Crippen LogP contribution in [0.3, 0.4) is 0 Å². The number of nitrogens with one attached hydrogen (secondary N) is 2. The van der Waals surface area contributed by atoms with Crippen LogP contribution in [0.4, 0.5) is 10.5 Å². The van der Waals surface area contributed by atoms with Crippen molar-refractivity contribution in [3.8, 4) is 0 Å². The number of anilines is 1. The fourth-order valence-corrected chi connectivity index (χ4v) is 3.93. The zero-order chi connectivity index (χ0) is 18.2. The number of benzene rings is 1. The number of sulfonamides is 1. The van der Waals surface area contributed by atoms with Gasteiger partial charge in [0.25, 0.3) is 10.0 Å². The summed E-state index contributed by atoms with van der Waals surface area (Å²) >= 11 is 0. The predicted molar refractivity (Wildman–Crippen MR) is 87.2 cm³/mol. The van der Waals surface area contributed by atoms with Gasteiger partial charge in [-0.1, -0.05) is 17.3 Å². The Morgan fingerprint density at radius 2 is 1.92 bits per heavy atom. The lowest BCUT2D eigenvalue weighted by Crippen LogP contribution is -2.30. The molecule has 0 radical (unpaired) electrons. The highest BCUT2D eigenvalue weighted by molar-refractivity contribution is 7.92. The summed E-state index contributed by atoms with van der Waals surface area (Å²) in [5.74, 6) is -0.0895. The maximum atomic E-state index is 12.4. The largest absolute Gasteiger partial charge is 0.360 e. The molecule has 0 aliphatic carbocycles. The molecule has 132 valence electrons. The minimum absolute atomic E-state index is 0.00580. The first-order valence-corrected chi connectivity index (χ1v) is 8.89. The number of aromatic nitrogens is 1. The van der Waals surface area contributed by atoms with E-state index in [9.17, 15) is 18.0 Å². The quantitative estimate of drug-likeness (QED) is 0.768. The Morgan fingerprint density at radius 1 is 1.24 bits per heavy atom. The van der Waals surface area contributed by atoms with Crippen LogP contribution in [0.2, 0.25) is 0 Å². The fourth-order valence-electron chi connectivity index (χ4n) is 2.54. The molecule has 10 heteroatoms. The maximum Gasteiger partial charge on any atom is 0.324 e. The molecule has 2 heterocycles. The first-order chi connectivity index (χ1) is 11.8. The molecule has 0 spiro atoms. The molecule has 3 rings (SSSR count). The van der Waals surface area contributed by atoms with Gasteiger partial charge in [0.05, 0.1) is 13.1 Å². The normalized spacial score (nSPS) is 14.7. The molecule has 1 fully saturated rings. The molecule has 0 atom stereocenters. The van der Waals surface area contributed by atoms with Crippen molar-refractivity contribution in [1.82, 2.24) is 15.4 Å². The minimum Gasteiger partial charge on any atom is -0.360 e. The van der Waals surface area contributed by atoms with Gasteiger partial charge in [0.15, 0.2) is 10.7 Å². The van der Waals surface area contributed by atoms with Gasteiger partial charge in [-0.2, -0.15) is 0 Å². The summed E-state index contributed by atoms with van der Waals surface area (Å²) in [6, 6.07) is 5.97. The molecule has 2 N–H and O–H groups in total. The van der Waals surface area contributed by atoms with E-state index in [1.165, 1.54) is 6.92 Å². The summed E-state index contributed by atoms with van der Waals surface area (Å²) < 4.78 is 32.2. The second-order valence-corrected chi connectivity index (χ2v) is 7.21. The van der Waals surface area contributed by atoms with E-state index in [1.807, 2.05) is 0 Å². The third-order valence-corrected chi connectivity index (χ3v) is 5.35. The molecular formula is C15H16N4O5S. The average molecular weight is 364 g/mol. The van der Waals surface area contributed by atoms with Crippen molar-refractivity contribution in [2.24, 2.45) is 0 Å². The van der Waals surface area contributed by atoms with Crippen LogP contribution >= 0.6 is 0 Å². The van der Waals surface area contributed by atoms with E-state index in [-0.39, 0.29) is 35.3 Å². The van der Waals surface area contributed by atoms with Crippen molar-refractivity contribution in [3.05, 3.63) is 41.3 Å². The summed E-state index contributed by atoms with van der Waals surface area (Å²) in [5.41, 5.74) is 1.33. The Hall–Kier alpha value is -2.88. The van der Waals surface area contributed by atoms with Crippen LogP contribution in [-0.4, -0.2) is 37.0 Å². The van der Waals surface area contributed by atoms with Crippen molar-refractivity contribution >= 4 is 27.6 Å². The van der Waals surface area contributed by atoms with Crippen LogP contribution in [-0.2, 0) is 21.4 Å². The maximum absolute atomic E-state index is 12.4. The van der Waals surface area contributed by atoms with Gasteiger partial charge in [0.1, 0.15) is 5.69 Å². The van der Waals surface area contributed by atoms with Crippen molar-refractivity contribution < 1.29 is 22.5 Å². The second kappa shape index (κ2) is 6.20. The highest BCUT2D eigenvalue weighted by Crippen LogP contribution is 2.22. The smallest absolute Gasteiger partial charge is 0.324 e. The Kier molecular flexibility index (Phi) is 4.21. The van der Waals surface area contributed by atoms with Crippen LogP contribution in [0.15, 0.2) is 33.7 Å². The van der Waals surface area contributed by atoms with Crippen LogP contribution in [0, 0.1) is 13.8 Å². The lowest BCUT2D eigenvalue weighted by molar-refractivity contribution is -0.125. The van der Waals surface area contributed by atoms with Gasteiger partial charge >= 0.3 is 6.03 Å². The zero-order valence-electron chi connectivity index (χ0n) is 13.6.